The molecular weight excluding hydrogens is 234 g/mol. The molecule has 5 heteroatoms. The van der Waals surface area contributed by atoms with Crippen LogP contribution in [0.25, 0.3) is 0 Å². The average Bonchev–Trinajstić information content (AvgIpc) is 2.73. The number of aryl methyl sites for hydroxylation is 1. The molecule has 0 spiro atoms. The lowest BCUT2D eigenvalue weighted by molar-refractivity contribution is 0.173. The molecule has 0 aliphatic heterocycles. The number of aliphatic hydroxyl groups excluding tert-OH is 1. The van der Waals surface area contributed by atoms with Gasteiger partial charge in [-0.05, 0) is 39.3 Å². The van der Waals surface area contributed by atoms with E-state index in [9.17, 15) is 5.11 Å². The second-order valence-electron chi connectivity index (χ2n) is 4.65. The Labute approximate surface area is 106 Å². The van der Waals surface area contributed by atoms with E-state index in [1.165, 1.54) is 0 Å². The summed E-state index contributed by atoms with van der Waals surface area (Å²) >= 11 is 1.73. The Bertz CT molecular complexity index is 382. The molecule has 1 fully saturated rings. The Hall–Kier alpha value is -0.650. The maximum atomic E-state index is 9.44. The van der Waals surface area contributed by atoms with Gasteiger partial charge in [0, 0.05) is 22.7 Å². The third-order valence-electron chi connectivity index (χ3n) is 3.44. The van der Waals surface area contributed by atoms with Crippen LogP contribution in [0.2, 0.25) is 0 Å². The highest BCUT2D eigenvalue weighted by molar-refractivity contribution is 7.99. The minimum Gasteiger partial charge on any atom is -0.394 e. The van der Waals surface area contributed by atoms with E-state index >= 15 is 0 Å². The van der Waals surface area contributed by atoms with E-state index in [1.54, 1.807) is 18.0 Å². The van der Waals surface area contributed by atoms with Gasteiger partial charge in [0.1, 0.15) is 0 Å². The second kappa shape index (κ2) is 5.33. The first-order valence-corrected chi connectivity index (χ1v) is 6.81. The smallest absolute Gasteiger partial charge is 0.187 e. The molecule has 0 amide bonds. The monoisotopic (exact) mass is 253 g/mol. The van der Waals surface area contributed by atoms with Gasteiger partial charge in [0.25, 0.3) is 0 Å². The van der Waals surface area contributed by atoms with Crippen molar-refractivity contribution in [3.05, 3.63) is 18.0 Å². The number of aliphatic hydroxyl groups is 1. The van der Waals surface area contributed by atoms with E-state index in [0.717, 1.165) is 30.1 Å². The number of likely N-dealkylation sites (N-methyl/N-ethyl adjacent to an activating group) is 1. The Kier molecular flexibility index (Phi) is 4.01. The van der Waals surface area contributed by atoms with Crippen molar-refractivity contribution in [1.82, 2.24) is 15.3 Å². The van der Waals surface area contributed by atoms with Crippen LogP contribution in [-0.4, -0.2) is 39.5 Å². The zero-order valence-electron chi connectivity index (χ0n) is 10.3. The van der Waals surface area contributed by atoms with E-state index in [1.807, 2.05) is 20.0 Å². The Balaban J connectivity index is 1.98. The maximum Gasteiger partial charge on any atom is 0.187 e. The van der Waals surface area contributed by atoms with Crippen LogP contribution in [-0.2, 0) is 0 Å². The number of aromatic nitrogens is 2. The molecule has 17 heavy (non-hydrogen) atoms. The molecular formula is C12H19N3OS. The van der Waals surface area contributed by atoms with E-state index in [-0.39, 0.29) is 12.1 Å². The van der Waals surface area contributed by atoms with E-state index in [2.05, 4.69) is 15.3 Å². The fourth-order valence-electron chi connectivity index (χ4n) is 2.26. The summed E-state index contributed by atoms with van der Waals surface area (Å²) in [6.45, 7) is 2.18. The Morgan fingerprint density at radius 2 is 2.47 bits per heavy atom. The van der Waals surface area contributed by atoms with Crippen LogP contribution in [0.15, 0.2) is 17.4 Å². The molecule has 1 aromatic rings. The number of hydrogen-bond donors (Lipinski definition) is 2. The predicted molar refractivity (Wildman–Crippen MR) is 69.1 cm³/mol. The van der Waals surface area contributed by atoms with Gasteiger partial charge < -0.3 is 10.4 Å². The largest absolute Gasteiger partial charge is 0.394 e. The lowest BCUT2D eigenvalue weighted by Crippen LogP contribution is -2.44. The van der Waals surface area contributed by atoms with Crippen LogP contribution >= 0.6 is 11.8 Å². The highest BCUT2D eigenvalue weighted by Gasteiger charge is 2.38. The second-order valence-corrected chi connectivity index (χ2v) is 5.92. The summed E-state index contributed by atoms with van der Waals surface area (Å²) in [6, 6.07) is 1.91. The third kappa shape index (κ3) is 2.97. The summed E-state index contributed by atoms with van der Waals surface area (Å²) in [4.78, 5) is 8.68. The first-order valence-electron chi connectivity index (χ1n) is 5.93. The molecule has 2 N–H and O–H groups in total. The predicted octanol–water partition coefficient (Wildman–Crippen LogP) is 1.38. The van der Waals surface area contributed by atoms with Gasteiger partial charge in [0.05, 0.1) is 6.61 Å². The van der Waals surface area contributed by atoms with Crippen LogP contribution in [0.5, 0.6) is 0 Å². The highest BCUT2D eigenvalue weighted by atomic mass is 32.2. The topological polar surface area (TPSA) is 58.0 Å². The SMILES string of the molecule is CNC1(CO)CCC(Sc2nccc(C)n2)C1. The van der Waals surface area contributed by atoms with Crippen LogP contribution in [0.1, 0.15) is 25.0 Å². The van der Waals surface area contributed by atoms with Crippen molar-refractivity contribution in [2.45, 2.75) is 42.1 Å². The molecule has 4 nitrogen and oxygen atoms in total. The van der Waals surface area contributed by atoms with Crippen LogP contribution in [0.3, 0.4) is 0 Å². The molecule has 2 atom stereocenters. The van der Waals surface area contributed by atoms with Gasteiger partial charge in [-0.25, -0.2) is 9.97 Å². The first-order chi connectivity index (χ1) is 8.17. The van der Waals surface area contributed by atoms with Crippen molar-refractivity contribution in [1.29, 1.82) is 0 Å². The summed E-state index contributed by atoms with van der Waals surface area (Å²) in [5, 5.41) is 14.0. The molecule has 0 radical (unpaired) electrons. The number of nitrogens with zero attached hydrogens (tertiary/aromatic N) is 2. The molecule has 1 aliphatic carbocycles. The highest BCUT2D eigenvalue weighted by Crippen LogP contribution is 2.38. The summed E-state index contributed by atoms with van der Waals surface area (Å²) < 4.78 is 0. The summed E-state index contributed by atoms with van der Waals surface area (Å²) in [5.74, 6) is 0. The van der Waals surface area contributed by atoms with Crippen molar-refractivity contribution in [3.63, 3.8) is 0 Å². The van der Waals surface area contributed by atoms with Crippen molar-refractivity contribution in [2.75, 3.05) is 13.7 Å². The van der Waals surface area contributed by atoms with Gasteiger partial charge in [-0.1, -0.05) is 11.8 Å². The molecule has 1 aliphatic rings. The van der Waals surface area contributed by atoms with Gasteiger partial charge in [-0.3, -0.25) is 0 Å². The van der Waals surface area contributed by atoms with Crippen molar-refractivity contribution >= 4 is 11.8 Å². The number of thioether (sulfide) groups is 1. The molecule has 94 valence electrons. The van der Waals surface area contributed by atoms with Crippen molar-refractivity contribution in [2.24, 2.45) is 0 Å². The first kappa shape index (κ1) is 12.8. The standard InChI is InChI=1S/C12H19N3OS/c1-9-4-6-14-11(15-9)17-10-3-5-12(7-10,8-16)13-2/h4,6,10,13,16H,3,5,7-8H2,1-2H3. The molecule has 2 rings (SSSR count). The minimum atomic E-state index is -0.0957. The molecule has 1 aromatic heterocycles. The quantitative estimate of drug-likeness (QED) is 0.794. The fourth-order valence-corrected chi connectivity index (χ4v) is 3.51. The zero-order chi connectivity index (χ0) is 12.3. The fraction of sp³-hybridized carbons (Fsp3) is 0.667. The van der Waals surface area contributed by atoms with Gasteiger partial charge in [0.2, 0.25) is 0 Å². The molecule has 1 heterocycles. The van der Waals surface area contributed by atoms with Gasteiger partial charge in [0.15, 0.2) is 5.16 Å². The third-order valence-corrected chi connectivity index (χ3v) is 4.58. The zero-order valence-corrected chi connectivity index (χ0v) is 11.1. The summed E-state index contributed by atoms with van der Waals surface area (Å²) in [5.41, 5.74) is 0.907. The van der Waals surface area contributed by atoms with Crippen LogP contribution < -0.4 is 5.32 Å². The van der Waals surface area contributed by atoms with Crippen LogP contribution in [0.4, 0.5) is 0 Å². The number of rotatable bonds is 4. The van der Waals surface area contributed by atoms with Crippen molar-refractivity contribution in [3.8, 4) is 0 Å². The van der Waals surface area contributed by atoms with E-state index in [0.29, 0.717) is 5.25 Å². The Morgan fingerprint density at radius 1 is 1.65 bits per heavy atom. The molecule has 1 saturated carbocycles. The lowest BCUT2D eigenvalue weighted by Gasteiger charge is -2.26. The normalized spacial score (nSPS) is 28.5. The maximum absolute atomic E-state index is 9.44. The lowest BCUT2D eigenvalue weighted by atomic mass is 10.00. The van der Waals surface area contributed by atoms with E-state index in [4.69, 9.17) is 0 Å². The van der Waals surface area contributed by atoms with Crippen LogP contribution in [0, 0.1) is 6.92 Å². The molecule has 0 bridgehead atoms. The molecule has 2 unspecified atom stereocenters. The average molecular weight is 253 g/mol. The van der Waals surface area contributed by atoms with Gasteiger partial charge >= 0.3 is 0 Å². The summed E-state index contributed by atoms with van der Waals surface area (Å²) in [6.07, 6.45) is 4.89. The number of nitrogens with one attached hydrogen (secondary N) is 1. The molecule has 0 aromatic carbocycles. The van der Waals surface area contributed by atoms with Gasteiger partial charge in [-0.15, -0.1) is 0 Å². The van der Waals surface area contributed by atoms with Gasteiger partial charge in [-0.2, -0.15) is 0 Å². The summed E-state index contributed by atoms with van der Waals surface area (Å²) in [7, 11) is 1.92. The van der Waals surface area contributed by atoms with E-state index < -0.39 is 0 Å². The Morgan fingerprint density at radius 3 is 3.06 bits per heavy atom. The number of hydrogen-bond acceptors (Lipinski definition) is 5. The minimum absolute atomic E-state index is 0.0957. The van der Waals surface area contributed by atoms with Crippen molar-refractivity contribution < 1.29 is 5.11 Å². The molecule has 0 saturated heterocycles.